The number of rotatable bonds is 2. The Morgan fingerprint density at radius 3 is 2.83 bits per heavy atom. The van der Waals surface area contributed by atoms with Crippen LogP contribution in [-0.2, 0) is 6.18 Å². The van der Waals surface area contributed by atoms with Gasteiger partial charge in [-0.2, -0.15) is 18.3 Å². The van der Waals surface area contributed by atoms with Gasteiger partial charge < -0.3 is 4.90 Å². The molecule has 24 heavy (non-hydrogen) atoms. The van der Waals surface area contributed by atoms with Crippen LogP contribution in [-0.4, -0.2) is 26.1 Å². The molecular weight excluding hydrogens is 319 g/mol. The van der Waals surface area contributed by atoms with Crippen LogP contribution >= 0.6 is 0 Å². The summed E-state index contributed by atoms with van der Waals surface area (Å²) >= 11 is 0. The monoisotopic (exact) mass is 333 g/mol. The lowest BCUT2D eigenvalue weighted by Gasteiger charge is -2.26. The van der Waals surface area contributed by atoms with Crippen molar-refractivity contribution in [3.8, 4) is 0 Å². The molecular formula is C16H14F3N5. The summed E-state index contributed by atoms with van der Waals surface area (Å²) in [6.07, 6.45) is 3.79. The Labute approximate surface area is 135 Å². The van der Waals surface area contributed by atoms with Crippen LogP contribution in [0.1, 0.15) is 30.1 Å². The number of halogens is 3. The molecule has 3 aromatic rings. The van der Waals surface area contributed by atoms with Crippen LogP contribution in [0.5, 0.6) is 0 Å². The predicted octanol–water partition coefficient (Wildman–Crippen LogP) is 3.48. The van der Waals surface area contributed by atoms with Gasteiger partial charge in [-0.25, -0.2) is 9.50 Å². The second-order valence-electron chi connectivity index (χ2n) is 5.75. The van der Waals surface area contributed by atoms with Crippen molar-refractivity contribution >= 4 is 11.3 Å². The first-order valence-electron chi connectivity index (χ1n) is 7.62. The molecule has 0 saturated carbocycles. The molecule has 1 aliphatic rings. The molecule has 4 heterocycles. The summed E-state index contributed by atoms with van der Waals surface area (Å²) in [5, 5.41) is 3.63. The maximum atomic E-state index is 13.0. The lowest BCUT2D eigenvalue weighted by Crippen LogP contribution is -2.24. The molecule has 1 saturated heterocycles. The molecule has 0 radical (unpaired) electrons. The molecule has 1 unspecified atom stereocenters. The third kappa shape index (κ3) is 2.47. The van der Waals surface area contributed by atoms with Gasteiger partial charge in [0.15, 0.2) is 11.5 Å². The molecule has 124 valence electrons. The number of fused-ring (bicyclic) bond motifs is 1. The van der Waals surface area contributed by atoms with Crippen molar-refractivity contribution in [3.05, 3.63) is 54.2 Å². The van der Waals surface area contributed by atoms with Crippen molar-refractivity contribution in [2.45, 2.75) is 25.1 Å². The van der Waals surface area contributed by atoms with Crippen LogP contribution in [0, 0.1) is 0 Å². The van der Waals surface area contributed by atoms with Gasteiger partial charge in [0.25, 0.3) is 0 Å². The number of hydrogen-bond donors (Lipinski definition) is 0. The van der Waals surface area contributed by atoms with Gasteiger partial charge >= 0.3 is 6.18 Å². The van der Waals surface area contributed by atoms with Gasteiger partial charge in [-0.15, -0.1) is 0 Å². The molecule has 3 aromatic heterocycles. The van der Waals surface area contributed by atoms with Crippen molar-refractivity contribution in [3.63, 3.8) is 0 Å². The van der Waals surface area contributed by atoms with E-state index in [1.165, 1.54) is 16.9 Å². The Bertz CT molecular complexity index is 859. The maximum Gasteiger partial charge on any atom is 0.435 e. The fraction of sp³-hybridized carbons (Fsp3) is 0.312. The van der Waals surface area contributed by atoms with E-state index in [0.717, 1.165) is 31.0 Å². The van der Waals surface area contributed by atoms with Gasteiger partial charge in [0.05, 0.1) is 6.04 Å². The van der Waals surface area contributed by atoms with E-state index in [9.17, 15) is 13.2 Å². The topological polar surface area (TPSA) is 46.3 Å². The number of pyridine rings is 1. The standard InChI is InChI=1S/C16H14F3N5/c17-16(18,19)14-9-13-15(21-6-8-24(13)22-14)23-7-2-4-12(23)11-3-1-5-20-10-11/h1,3,5-6,8-10,12H,2,4,7H2. The lowest BCUT2D eigenvalue weighted by atomic mass is 10.1. The highest BCUT2D eigenvalue weighted by molar-refractivity contribution is 5.70. The number of alkyl halides is 3. The summed E-state index contributed by atoms with van der Waals surface area (Å²) in [5.41, 5.74) is 0.490. The fourth-order valence-electron chi connectivity index (χ4n) is 3.21. The van der Waals surface area contributed by atoms with E-state index < -0.39 is 11.9 Å². The first-order valence-corrected chi connectivity index (χ1v) is 7.62. The van der Waals surface area contributed by atoms with E-state index in [0.29, 0.717) is 11.3 Å². The fourth-order valence-corrected chi connectivity index (χ4v) is 3.21. The maximum absolute atomic E-state index is 13.0. The van der Waals surface area contributed by atoms with Crippen LogP contribution in [0.15, 0.2) is 43.0 Å². The number of nitrogens with zero attached hydrogens (tertiary/aromatic N) is 5. The number of anilines is 1. The van der Waals surface area contributed by atoms with Crippen molar-refractivity contribution in [2.24, 2.45) is 0 Å². The van der Waals surface area contributed by atoms with E-state index in [1.807, 2.05) is 17.0 Å². The van der Waals surface area contributed by atoms with Gasteiger partial charge in [-0.3, -0.25) is 4.98 Å². The zero-order valence-corrected chi connectivity index (χ0v) is 12.6. The minimum absolute atomic E-state index is 0.0571. The summed E-state index contributed by atoms with van der Waals surface area (Å²) in [7, 11) is 0. The quantitative estimate of drug-likeness (QED) is 0.720. The van der Waals surface area contributed by atoms with Crippen LogP contribution in [0.25, 0.3) is 5.52 Å². The Kier molecular flexibility index (Phi) is 3.40. The molecule has 0 spiro atoms. The smallest absolute Gasteiger partial charge is 0.348 e. The highest BCUT2D eigenvalue weighted by atomic mass is 19.4. The van der Waals surface area contributed by atoms with Gasteiger partial charge in [0.1, 0.15) is 5.52 Å². The Hall–Kier alpha value is -2.64. The third-order valence-electron chi connectivity index (χ3n) is 4.25. The van der Waals surface area contributed by atoms with Crippen LogP contribution < -0.4 is 4.90 Å². The number of aromatic nitrogens is 4. The Morgan fingerprint density at radius 2 is 2.08 bits per heavy atom. The van der Waals surface area contributed by atoms with Crippen molar-refractivity contribution in [1.82, 2.24) is 19.6 Å². The molecule has 0 N–H and O–H groups in total. The van der Waals surface area contributed by atoms with Gasteiger partial charge in [0, 0.05) is 37.4 Å². The van der Waals surface area contributed by atoms with Gasteiger partial charge in [-0.1, -0.05) is 6.07 Å². The van der Waals surface area contributed by atoms with E-state index in [1.54, 1.807) is 12.4 Å². The second kappa shape index (κ2) is 5.47. The first-order chi connectivity index (χ1) is 11.5. The normalized spacial score (nSPS) is 18.5. The summed E-state index contributed by atoms with van der Waals surface area (Å²) in [5.74, 6) is 0.520. The van der Waals surface area contributed by atoms with E-state index in [-0.39, 0.29) is 6.04 Å². The van der Waals surface area contributed by atoms with Crippen molar-refractivity contribution < 1.29 is 13.2 Å². The molecule has 0 aliphatic carbocycles. The van der Waals surface area contributed by atoms with Gasteiger partial charge in [-0.05, 0) is 24.5 Å². The highest BCUT2D eigenvalue weighted by Crippen LogP contribution is 2.38. The number of hydrogen-bond acceptors (Lipinski definition) is 4. The van der Waals surface area contributed by atoms with Crippen molar-refractivity contribution in [1.29, 1.82) is 0 Å². The summed E-state index contributed by atoms with van der Waals surface area (Å²) in [4.78, 5) is 10.5. The predicted molar refractivity (Wildman–Crippen MR) is 81.5 cm³/mol. The van der Waals surface area contributed by atoms with Gasteiger partial charge in [0.2, 0.25) is 0 Å². The minimum atomic E-state index is -4.48. The molecule has 1 aliphatic heterocycles. The average molecular weight is 333 g/mol. The highest BCUT2D eigenvalue weighted by Gasteiger charge is 2.35. The summed E-state index contributed by atoms with van der Waals surface area (Å²) in [6, 6.07) is 4.95. The average Bonchev–Trinajstić information content (AvgIpc) is 3.21. The summed E-state index contributed by atoms with van der Waals surface area (Å²) < 4.78 is 40.1. The lowest BCUT2D eigenvalue weighted by molar-refractivity contribution is -0.141. The van der Waals surface area contributed by atoms with Crippen LogP contribution in [0.4, 0.5) is 19.0 Å². The SMILES string of the molecule is FC(F)(F)c1cc2c(N3CCCC3c3cccnc3)nccn2n1. The zero-order valence-electron chi connectivity index (χ0n) is 12.6. The van der Waals surface area contributed by atoms with Crippen molar-refractivity contribution in [2.75, 3.05) is 11.4 Å². The molecule has 0 aromatic carbocycles. The van der Waals surface area contributed by atoms with E-state index in [2.05, 4.69) is 15.1 Å². The zero-order chi connectivity index (χ0) is 16.7. The third-order valence-corrected chi connectivity index (χ3v) is 4.25. The first kappa shape index (κ1) is 14.9. The molecule has 1 fully saturated rings. The second-order valence-corrected chi connectivity index (χ2v) is 5.75. The molecule has 5 nitrogen and oxygen atoms in total. The largest absolute Gasteiger partial charge is 0.435 e. The van der Waals surface area contributed by atoms with Crippen LogP contribution in [0.3, 0.4) is 0 Å². The minimum Gasteiger partial charge on any atom is -0.348 e. The Balaban J connectivity index is 1.79. The summed E-state index contributed by atoms with van der Waals surface area (Å²) in [6.45, 7) is 0.735. The molecule has 0 amide bonds. The van der Waals surface area contributed by atoms with E-state index in [4.69, 9.17) is 0 Å². The molecule has 8 heteroatoms. The Morgan fingerprint density at radius 1 is 1.21 bits per heavy atom. The molecule has 1 atom stereocenters. The molecule has 0 bridgehead atoms. The molecule has 4 rings (SSSR count). The van der Waals surface area contributed by atoms with E-state index >= 15 is 0 Å². The van der Waals surface area contributed by atoms with Crippen LogP contribution in [0.2, 0.25) is 0 Å².